The van der Waals surface area contributed by atoms with Crippen LogP contribution in [0, 0.1) is 12.8 Å². The molecule has 1 aliphatic rings. The summed E-state index contributed by atoms with van der Waals surface area (Å²) in [6, 6.07) is 0. The van der Waals surface area contributed by atoms with Gasteiger partial charge in [0.25, 0.3) is 0 Å². The Labute approximate surface area is 157 Å². The first kappa shape index (κ1) is 21.9. The summed E-state index contributed by atoms with van der Waals surface area (Å²) in [6.07, 6.45) is 6.91. The van der Waals surface area contributed by atoms with E-state index in [0.29, 0.717) is 5.92 Å². The average molecular weight is 369 g/mol. The zero-order valence-corrected chi connectivity index (χ0v) is 17.1. The quantitative estimate of drug-likeness (QED) is 0.713. The van der Waals surface area contributed by atoms with Crippen molar-refractivity contribution in [2.45, 2.75) is 67.0 Å². The minimum Gasteiger partial charge on any atom is -0.388 e. The fraction of sp³-hybridized carbons (Fsp3) is 0.650. The van der Waals surface area contributed by atoms with Crippen molar-refractivity contribution in [2.24, 2.45) is 5.92 Å². The van der Waals surface area contributed by atoms with Crippen molar-refractivity contribution < 1.29 is 9.84 Å². The van der Waals surface area contributed by atoms with Crippen LogP contribution in [0.3, 0.4) is 0 Å². The van der Waals surface area contributed by atoms with E-state index < -0.39 is 0 Å². The van der Waals surface area contributed by atoms with Gasteiger partial charge >= 0.3 is 0 Å². The molecule has 1 aromatic rings. The van der Waals surface area contributed by atoms with E-state index in [9.17, 15) is 5.11 Å². The van der Waals surface area contributed by atoms with Crippen LogP contribution in [0.5, 0.6) is 0 Å². The minimum atomic E-state index is -0.0462. The van der Waals surface area contributed by atoms with E-state index in [1.54, 1.807) is 0 Å². The summed E-state index contributed by atoms with van der Waals surface area (Å²) in [7, 11) is 0. The number of imidazole rings is 1. The molecule has 0 saturated carbocycles. The Bertz CT molecular complexity index is 585. The molecule has 1 fully saturated rings. The van der Waals surface area contributed by atoms with E-state index in [2.05, 4.69) is 23.4 Å². The van der Waals surface area contributed by atoms with Crippen LogP contribution in [-0.4, -0.2) is 27.9 Å². The molecular formula is C20H33ClN2O2. The molecule has 1 aliphatic heterocycles. The van der Waals surface area contributed by atoms with Crippen molar-refractivity contribution in [1.29, 1.82) is 0 Å². The molecule has 142 valence electrons. The maximum Gasteiger partial charge on any atom is 0.135 e. The smallest absolute Gasteiger partial charge is 0.135 e. The number of nitrogens with zero attached hydrogens (tertiary/aromatic N) is 2. The Morgan fingerprint density at radius 1 is 1.36 bits per heavy atom. The summed E-state index contributed by atoms with van der Waals surface area (Å²) >= 11 is 6.26. The first-order valence-corrected chi connectivity index (χ1v) is 9.72. The Hall–Kier alpha value is -1.10. The molecule has 2 heterocycles. The van der Waals surface area contributed by atoms with Crippen molar-refractivity contribution in [2.75, 3.05) is 13.2 Å². The molecule has 0 aliphatic carbocycles. The molecule has 1 aromatic heterocycles. The van der Waals surface area contributed by atoms with Crippen molar-refractivity contribution in [3.05, 3.63) is 33.9 Å². The van der Waals surface area contributed by atoms with Crippen molar-refractivity contribution in [3.63, 3.8) is 0 Å². The number of aromatic nitrogens is 2. The summed E-state index contributed by atoms with van der Waals surface area (Å²) in [5.41, 5.74) is 3.11. The highest BCUT2D eigenvalue weighted by atomic mass is 35.5. The number of hydrogen-bond acceptors (Lipinski definition) is 3. The molecule has 25 heavy (non-hydrogen) atoms. The topological polar surface area (TPSA) is 47.3 Å². The van der Waals surface area contributed by atoms with Gasteiger partial charge in [-0.1, -0.05) is 37.9 Å². The van der Waals surface area contributed by atoms with E-state index in [-0.39, 0.29) is 6.61 Å². The van der Waals surface area contributed by atoms with Gasteiger partial charge in [0, 0.05) is 30.5 Å². The zero-order chi connectivity index (χ0) is 18.8. The fourth-order valence-electron chi connectivity index (χ4n) is 2.78. The summed E-state index contributed by atoms with van der Waals surface area (Å²) in [6.45, 7) is 12.7. The maximum absolute atomic E-state index is 9.62. The van der Waals surface area contributed by atoms with Gasteiger partial charge in [0.15, 0.2) is 0 Å². The van der Waals surface area contributed by atoms with Crippen LogP contribution in [0.1, 0.15) is 64.2 Å². The van der Waals surface area contributed by atoms with Gasteiger partial charge in [-0.25, -0.2) is 4.98 Å². The molecule has 1 saturated heterocycles. The molecule has 1 N–H and O–H groups in total. The Morgan fingerprint density at radius 3 is 2.56 bits per heavy atom. The first-order valence-electron chi connectivity index (χ1n) is 9.34. The molecule has 0 aromatic carbocycles. The van der Waals surface area contributed by atoms with E-state index >= 15 is 0 Å². The number of halogens is 1. The first-order chi connectivity index (χ1) is 12.1. The number of hydrogen-bond donors (Lipinski definition) is 1. The summed E-state index contributed by atoms with van der Waals surface area (Å²) in [4.78, 5) is 4.56. The van der Waals surface area contributed by atoms with E-state index in [0.717, 1.165) is 66.8 Å². The van der Waals surface area contributed by atoms with Crippen molar-refractivity contribution in [3.8, 4) is 0 Å². The van der Waals surface area contributed by atoms with Crippen LogP contribution < -0.4 is 0 Å². The van der Waals surface area contributed by atoms with Crippen LogP contribution in [-0.2, 0) is 17.9 Å². The van der Waals surface area contributed by atoms with Crippen molar-refractivity contribution in [1.82, 2.24) is 9.55 Å². The molecular weight excluding hydrogens is 336 g/mol. The second-order valence-corrected chi connectivity index (χ2v) is 6.55. The van der Waals surface area contributed by atoms with Crippen LogP contribution in [0.2, 0.25) is 0 Å². The highest BCUT2D eigenvalue weighted by molar-refractivity contribution is 6.31. The third kappa shape index (κ3) is 6.28. The lowest BCUT2D eigenvalue weighted by atomic mass is 10.0. The number of ether oxygens (including phenoxy) is 1. The molecule has 5 heteroatoms. The summed E-state index contributed by atoms with van der Waals surface area (Å²) in [5.74, 6) is 1.31. The van der Waals surface area contributed by atoms with Crippen LogP contribution in [0.4, 0.5) is 0 Å². The molecule has 2 rings (SSSR count). The van der Waals surface area contributed by atoms with E-state index in [1.807, 2.05) is 32.9 Å². The van der Waals surface area contributed by atoms with Gasteiger partial charge in [0.2, 0.25) is 0 Å². The average Bonchev–Trinajstić information content (AvgIpc) is 2.96. The monoisotopic (exact) mass is 368 g/mol. The van der Waals surface area contributed by atoms with Gasteiger partial charge in [-0.3, -0.25) is 0 Å². The second kappa shape index (κ2) is 11.5. The lowest BCUT2D eigenvalue weighted by molar-refractivity contribution is 0.0604. The largest absolute Gasteiger partial charge is 0.388 e. The third-order valence-electron chi connectivity index (χ3n) is 4.59. The van der Waals surface area contributed by atoms with Gasteiger partial charge in [-0.05, 0) is 51.2 Å². The number of aliphatic hydroxyl groups excluding tert-OH is 1. The second-order valence-electron chi connectivity index (χ2n) is 6.14. The minimum absolute atomic E-state index is 0.0462. The lowest BCUT2D eigenvalue weighted by Crippen LogP contribution is -2.22. The highest BCUT2D eigenvalue weighted by Gasteiger charge is 2.18. The number of rotatable bonds is 6. The van der Waals surface area contributed by atoms with Crippen LogP contribution in [0.25, 0.3) is 6.08 Å². The molecule has 0 atom stereocenters. The SMILES string of the molecule is CC.CC/C(C)=C(Cl)/C=C\c1nc(CO)n(CC2CCOCC2)c1C. The molecule has 0 radical (unpaired) electrons. The Balaban J connectivity index is 0.00000151. The predicted octanol–water partition coefficient (Wildman–Crippen LogP) is 5.07. The Morgan fingerprint density at radius 2 is 2.00 bits per heavy atom. The van der Waals surface area contributed by atoms with E-state index in [1.165, 1.54) is 0 Å². The maximum atomic E-state index is 9.62. The predicted molar refractivity (Wildman–Crippen MR) is 106 cm³/mol. The normalized spacial score (nSPS) is 16.6. The molecule has 0 spiro atoms. The highest BCUT2D eigenvalue weighted by Crippen LogP contribution is 2.22. The molecule has 0 bridgehead atoms. The third-order valence-corrected chi connectivity index (χ3v) is 5.03. The fourth-order valence-corrected chi connectivity index (χ4v) is 2.98. The summed E-state index contributed by atoms with van der Waals surface area (Å²) in [5, 5.41) is 10.4. The molecule has 4 nitrogen and oxygen atoms in total. The van der Waals surface area contributed by atoms with Gasteiger partial charge in [-0.15, -0.1) is 0 Å². The van der Waals surface area contributed by atoms with Gasteiger partial charge in [-0.2, -0.15) is 0 Å². The van der Waals surface area contributed by atoms with Crippen LogP contribution >= 0.6 is 11.6 Å². The van der Waals surface area contributed by atoms with Gasteiger partial charge in [0.1, 0.15) is 12.4 Å². The zero-order valence-electron chi connectivity index (χ0n) is 16.3. The Kier molecular flexibility index (Phi) is 10.1. The van der Waals surface area contributed by atoms with Gasteiger partial charge in [0.05, 0.1) is 5.69 Å². The van der Waals surface area contributed by atoms with E-state index in [4.69, 9.17) is 16.3 Å². The van der Waals surface area contributed by atoms with Gasteiger partial charge < -0.3 is 14.4 Å². The number of aliphatic hydroxyl groups is 1. The van der Waals surface area contributed by atoms with Crippen LogP contribution in [0.15, 0.2) is 16.7 Å². The summed E-state index contributed by atoms with van der Waals surface area (Å²) < 4.78 is 7.56. The molecule has 0 unspecified atom stereocenters. The molecule has 0 amide bonds. The standard InChI is InChI=1S/C18H27ClN2O2.C2H6/c1-4-13(2)16(19)5-6-17-14(3)21(18(12-22)20-17)11-15-7-9-23-10-8-15;1-2/h5-6,15,22H,4,7-12H2,1-3H3;1-2H3/b6-5-,16-13-;. The van der Waals surface area contributed by atoms with Crippen molar-refractivity contribution >= 4 is 17.7 Å². The number of allylic oxidation sites excluding steroid dienone is 3. The lowest BCUT2D eigenvalue weighted by Gasteiger charge is -2.23.